The molecule has 2 bridgehead atoms. The number of benzene rings is 1. The molecule has 3 aliphatic carbocycles. The smallest absolute Gasteiger partial charge is 0.0690 e. The predicted molar refractivity (Wildman–Crippen MR) is 92.0 cm³/mol. The van der Waals surface area contributed by atoms with Crippen molar-refractivity contribution in [1.82, 2.24) is 0 Å². The zero-order valence-corrected chi connectivity index (χ0v) is 14.7. The average Bonchev–Trinajstić information content (AvgIpc) is 2.46. The van der Waals surface area contributed by atoms with Crippen LogP contribution < -0.4 is 0 Å². The monoisotopic (exact) mass is 296 g/mol. The maximum atomic E-state index is 5.83. The van der Waals surface area contributed by atoms with E-state index < -0.39 is 0 Å². The first-order valence-electron chi connectivity index (χ1n) is 8.26. The summed E-state index contributed by atoms with van der Waals surface area (Å²) in [6.07, 6.45) is 8.16. The third-order valence-electron chi connectivity index (χ3n) is 5.58. The van der Waals surface area contributed by atoms with Crippen LogP contribution in [0.5, 0.6) is 0 Å². The SMILES string of the molecule is CO[C@@]1(C)C[C@@]2(C)[CH][CH][C@@H]1[CH][C]2c1ccc(C(C)(C)C)cc1. The largest absolute Gasteiger partial charge is 0.378 e. The highest BCUT2D eigenvalue weighted by molar-refractivity contribution is 5.49. The second kappa shape index (κ2) is 5.09. The van der Waals surface area contributed by atoms with E-state index >= 15 is 0 Å². The molecule has 0 amide bonds. The van der Waals surface area contributed by atoms with Crippen molar-refractivity contribution in [3.05, 3.63) is 60.6 Å². The summed E-state index contributed by atoms with van der Waals surface area (Å²) >= 11 is 0. The number of hydrogen-bond donors (Lipinski definition) is 0. The second-order valence-corrected chi connectivity index (χ2v) is 8.40. The molecule has 3 saturated carbocycles. The first-order chi connectivity index (χ1) is 10.2. The molecule has 0 N–H and O–H groups in total. The van der Waals surface area contributed by atoms with E-state index in [1.807, 2.05) is 7.11 Å². The van der Waals surface area contributed by atoms with Crippen LogP contribution in [0, 0.1) is 36.5 Å². The first kappa shape index (κ1) is 16.1. The van der Waals surface area contributed by atoms with E-state index in [4.69, 9.17) is 4.74 Å². The van der Waals surface area contributed by atoms with Crippen molar-refractivity contribution < 1.29 is 4.74 Å². The number of fused-ring (bicyclic) bond motifs is 3. The minimum Gasteiger partial charge on any atom is -0.378 e. The molecule has 22 heavy (non-hydrogen) atoms. The van der Waals surface area contributed by atoms with Gasteiger partial charge in [-0.05, 0) is 60.5 Å². The van der Waals surface area contributed by atoms with Crippen LogP contribution in [-0.4, -0.2) is 12.7 Å². The molecule has 0 aromatic heterocycles. The van der Waals surface area contributed by atoms with Gasteiger partial charge in [0.2, 0.25) is 0 Å². The third kappa shape index (κ3) is 2.52. The van der Waals surface area contributed by atoms with E-state index in [1.165, 1.54) is 17.0 Å². The van der Waals surface area contributed by atoms with Crippen LogP contribution in [0.2, 0.25) is 0 Å². The van der Waals surface area contributed by atoms with E-state index in [9.17, 15) is 0 Å². The van der Waals surface area contributed by atoms with Gasteiger partial charge < -0.3 is 4.74 Å². The predicted octanol–water partition coefficient (Wildman–Crippen LogP) is 4.96. The Bertz CT molecular complexity index is 538. The maximum absolute atomic E-state index is 5.83. The maximum Gasteiger partial charge on any atom is 0.0690 e. The Morgan fingerprint density at radius 1 is 1.09 bits per heavy atom. The minimum absolute atomic E-state index is 0.0711. The molecular weight excluding hydrogens is 268 g/mol. The van der Waals surface area contributed by atoms with Gasteiger partial charge in [0, 0.05) is 13.0 Å². The van der Waals surface area contributed by atoms with E-state index in [2.05, 4.69) is 78.1 Å². The van der Waals surface area contributed by atoms with Gasteiger partial charge in [0.25, 0.3) is 0 Å². The molecule has 4 rings (SSSR count). The molecule has 1 aromatic carbocycles. The molecule has 0 heterocycles. The highest BCUT2D eigenvalue weighted by Gasteiger charge is 2.56. The van der Waals surface area contributed by atoms with E-state index in [-0.39, 0.29) is 16.4 Å². The van der Waals surface area contributed by atoms with Crippen molar-refractivity contribution in [3.8, 4) is 0 Å². The summed E-state index contributed by atoms with van der Waals surface area (Å²) in [6.45, 7) is 11.4. The van der Waals surface area contributed by atoms with Gasteiger partial charge in [-0.15, -0.1) is 0 Å². The van der Waals surface area contributed by atoms with Crippen LogP contribution in [0.15, 0.2) is 24.3 Å². The Morgan fingerprint density at radius 2 is 1.73 bits per heavy atom. The van der Waals surface area contributed by atoms with Crippen LogP contribution in [0.1, 0.15) is 52.2 Å². The number of ether oxygens (including phenoxy) is 1. The van der Waals surface area contributed by atoms with Crippen LogP contribution in [0.3, 0.4) is 0 Å². The van der Waals surface area contributed by atoms with Crippen LogP contribution >= 0.6 is 0 Å². The topological polar surface area (TPSA) is 9.23 Å². The van der Waals surface area contributed by atoms with Crippen molar-refractivity contribution in [3.63, 3.8) is 0 Å². The van der Waals surface area contributed by atoms with Gasteiger partial charge in [-0.1, -0.05) is 52.0 Å². The Morgan fingerprint density at radius 3 is 2.23 bits per heavy atom. The van der Waals surface area contributed by atoms with Gasteiger partial charge in [0.05, 0.1) is 5.60 Å². The lowest BCUT2D eigenvalue weighted by Gasteiger charge is -2.57. The number of methoxy groups -OCH3 is 1. The fourth-order valence-electron chi connectivity index (χ4n) is 4.00. The molecule has 1 heteroatoms. The standard InChI is InChI=1S/C21H28O/c1-19(2,3)16-9-7-15(8-10-16)18-13-17-11-12-20(18,4)14-21(17,5)22-6/h7-13,17H,14H2,1-6H3/t17-,20-,21+/m1/s1. The molecule has 0 saturated heterocycles. The molecule has 3 atom stereocenters. The molecule has 1 nitrogen and oxygen atoms in total. The molecule has 3 aliphatic rings. The first-order valence-corrected chi connectivity index (χ1v) is 8.26. The Kier molecular flexibility index (Phi) is 3.72. The molecular formula is C21H28O. The summed E-state index contributed by atoms with van der Waals surface area (Å²) in [5.41, 5.74) is 2.95. The Labute approximate surface area is 136 Å². The fourth-order valence-corrected chi connectivity index (χ4v) is 4.00. The molecule has 4 radical (unpaired) electrons. The van der Waals surface area contributed by atoms with Crippen molar-refractivity contribution >= 4 is 0 Å². The quantitative estimate of drug-likeness (QED) is 0.749. The second-order valence-electron chi connectivity index (χ2n) is 8.40. The molecule has 118 valence electrons. The third-order valence-corrected chi connectivity index (χ3v) is 5.58. The minimum atomic E-state index is -0.0711. The zero-order chi connectivity index (χ0) is 16.2. The summed E-state index contributed by atoms with van der Waals surface area (Å²) in [5, 5.41) is 0. The van der Waals surface area contributed by atoms with Crippen molar-refractivity contribution in [2.24, 2.45) is 11.3 Å². The van der Waals surface area contributed by atoms with Gasteiger partial charge in [-0.25, -0.2) is 0 Å². The lowest BCUT2D eigenvalue weighted by atomic mass is 9.49. The molecule has 0 aliphatic heterocycles. The lowest BCUT2D eigenvalue weighted by Crippen LogP contribution is -2.55. The molecule has 0 spiro atoms. The van der Waals surface area contributed by atoms with Crippen LogP contribution in [0.4, 0.5) is 0 Å². The van der Waals surface area contributed by atoms with Gasteiger partial charge in [0.15, 0.2) is 0 Å². The fraction of sp³-hybridized carbons (Fsp3) is 0.524. The lowest BCUT2D eigenvalue weighted by molar-refractivity contribution is -0.0746. The van der Waals surface area contributed by atoms with Crippen molar-refractivity contribution in [2.75, 3.05) is 7.11 Å². The van der Waals surface area contributed by atoms with E-state index in [0.29, 0.717) is 5.92 Å². The highest BCUT2D eigenvalue weighted by Crippen LogP contribution is 2.60. The summed E-state index contributed by atoms with van der Waals surface area (Å²) in [5.74, 6) is 1.83. The molecule has 1 aromatic rings. The van der Waals surface area contributed by atoms with Gasteiger partial charge in [-0.2, -0.15) is 0 Å². The van der Waals surface area contributed by atoms with Crippen LogP contribution in [-0.2, 0) is 10.2 Å². The number of rotatable bonds is 2. The van der Waals surface area contributed by atoms with E-state index in [1.54, 1.807) is 0 Å². The summed E-state index contributed by atoms with van der Waals surface area (Å²) in [6, 6.07) is 9.13. The molecule has 0 unspecified atom stereocenters. The number of hydrogen-bond acceptors (Lipinski definition) is 1. The molecule has 3 fully saturated rings. The highest BCUT2D eigenvalue weighted by atomic mass is 16.5. The summed E-state index contributed by atoms with van der Waals surface area (Å²) in [4.78, 5) is 0. The summed E-state index contributed by atoms with van der Waals surface area (Å²) in [7, 11) is 1.84. The Hall–Kier alpha value is -0.820. The van der Waals surface area contributed by atoms with E-state index in [0.717, 1.165) is 6.42 Å². The van der Waals surface area contributed by atoms with Gasteiger partial charge in [0.1, 0.15) is 0 Å². The van der Waals surface area contributed by atoms with Gasteiger partial charge in [-0.3, -0.25) is 0 Å². The summed E-state index contributed by atoms with van der Waals surface area (Å²) < 4.78 is 5.83. The average molecular weight is 296 g/mol. The van der Waals surface area contributed by atoms with Crippen molar-refractivity contribution in [1.29, 1.82) is 0 Å². The van der Waals surface area contributed by atoms with Gasteiger partial charge >= 0.3 is 0 Å². The Balaban J connectivity index is 1.88. The van der Waals surface area contributed by atoms with Crippen LogP contribution in [0.25, 0.3) is 0 Å². The van der Waals surface area contributed by atoms with Crippen molar-refractivity contribution in [2.45, 2.75) is 52.1 Å². The zero-order valence-electron chi connectivity index (χ0n) is 14.7. The normalized spacial score (nSPS) is 35.8.